The van der Waals surface area contributed by atoms with Crippen molar-refractivity contribution in [3.8, 4) is 0 Å². The second-order valence-electron chi connectivity index (χ2n) is 12.9. The fourth-order valence-electron chi connectivity index (χ4n) is 7.05. The Morgan fingerprint density at radius 3 is 1.88 bits per heavy atom. The van der Waals surface area contributed by atoms with Crippen LogP contribution in [0.15, 0.2) is 87.7 Å². The number of nitrogens with one attached hydrogen (secondary N) is 1. The Bertz CT molecular complexity index is 1770. The van der Waals surface area contributed by atoms with E-state index in [2.05, 4.69) is 49.4 Å². The number of para-hydroxylation sites is 4. The topological polar surface area (TPSA) is 128 Å². The predicted octanol–water partition coefficient (Wildman–Crippen LogP) is 5.85. The molecule has 11 nitrogen and oxygen atoms in total. The number of oxazole rings is 2. The van der Waals surface area contributed by atoms with Gasteiger partial charge in [-0.05, 0) is 74.8 Å². The lowest BCUT2D eigenvalue weighted by Crippen LogP contribution is -2.52. The molecular weight excluding hydrogens is 608 g/mol. The number of carboxylic acid groups (broad SMARTS) is 1. The minimum atomic E-state index is -0.808. The first-order valence-corrected chi connectivity index (χ1v) is 17.1. The minimum absolute atomic E-state index is 0.100. The highest BCUT2D eigenvalue weighted by molar-refractivity contribution is 5.86. The molecule has 3 aromatic carbocycles. The van der Waals surface area contributed by atoms with E-state index in [9.17, 15) is 14.7 Å². The van der Waals surface area contributed by atoms with Gasteiger partial charge in [-0.1, -0.05) is 54.6 Å². The summed E-state index contributed by atoms with van der Waals surface area (Å²) in [5.74, 6) is -0.708. The number of aliphatic carboxylic acids is 1. The van der Waals surface area contributed by atoms with Gasteiger partial charge in [-0.25, -0.2) is 4.79 Å². The lowest BCUT2D eigenvalue weighted by molar-refractivity contribution is -0.139. The number of fused-ring (bicyclic) bond motifs is 2. The highest BCUT2D eigenvalue weighted by atomic mass is 16.4. The molecule has 0 aliphatic carbocycles. The standard InChI is InChI=1S/C24H28N4O2.C13H14N2O3/c29-23(25-19-13-15-27(17-19)16-18-8-2-1-3-9-18)21-11-6-7-14-28(21)24-26-20-10-4-5-12-22(20)30-24;16-12(17)10-6-3-4-8-15(10)13-14-9-5-1-2-7-11(9)18-13/h1-5,8-10,12,19,21H,6-7,11,13-17H2,(H,25,29);1-2,5,7,10H,3-4,6,8H2,(H,16,17)/t19-,21-;10-/m00/s1. The molecule has 1 amide bonds. The van der Waals surface area contributed by atoms with Crippen molar-refractivity contribution >= 4 is 46.1 Å². The summed E-state index contributed by atoms with van der Waals surface area (Å²) < 4.78 is 11.6. The Morgan fingerprint density at radius 1 is 0.708 bits per heavy atom. The number of piperidine rings is 2. The van der Waals surface area contributed by atoms with E-state index in [0.717, 1.165) is 81.3 Å². The number of carboxylic acids is 1. The Kier molecular flexibility index (Phi) is 9.55. The van der Waals surface area contributed by atoms with Crippen molar-refractivity contribution in [1.29, 1.82) is 0 Å². The third-order valence-electron chi connectivity index (χ3n) is 9.52. The molecule has 3 aliphatic heterocycles. The number of carbonyl (C=O) groups excluding carboxylic acids is 1. The Labute approximate surface area is 279 Å². The van der Waals surface area contributed by atoms with Gasteiger partial charge in [-0.15, -0.1) is 0 Å². The summed E-state index contributed by atoms with van der Waals surface area (Å²) in [4.78, 5) is 39.6. The second-order valence-corrected chi connectivity index (χ2v) is 12.9. The molecule has 5 heterocycles. The van der Waals surface area contributed by atoms with Gasteiger partial charge in [0, 0.05) is 38.8 Å². The maximum Gasteiger partial charge on any atom is 0.326 e. The van der Waals surface area contributed by atoms with Gasteiger partial charge < -0.3 is 29.1 Å². The van der Waals surface area contributed by atoms with Crippen LogP contribution in [0.3, 0.4) is 0 Å². The van der Waals surface area contributed by atoms with Crippen molar-refractivity contribution in [3.63, 3.8) is 0 Å². The van der Waals surface area contributed by atoms with E-state index >= 15 is 0 Å². The molecule has 11 heteroatoms. The molecule has 3 atom stereocenters. The van der Waals surface area contributed by atoms with Crippen LogP contribution in [0.2, 0.25) is 0 Å². The molecule has 48 heavy (non-hydrogen) atoms. The molecule has 0 unspecified atom stereocenters. The van der Waals surface area contributed by atoms with E-state index in [1.54, 1.807) is 4.90 Å². The summed E-state index contributed by atoms with van der Waals surface area (Å²) >= 11 is 0. The molecule has 0 saturated carbocycles. The van der Waals surface area contributed by atoms with Crippen LogP contribution < -0.4 is 15.1 Å². The van der Waals surface area contributed by atoms with E-state index in [-0.39, 0.29) is 18.0 Å². The number of amides is 1. The number of nitrogens with zero attached hydrogens (tertiary/aromatic N) is 5. The van der Waals surface area contributed by atoms with Crippen LogP contribution in [0.4, 0.5) is 12.0 Å². The maximum atomic E-state index is 13.2. The van der Waals surface area contributed by atoms with Crippen molar-refractivity contribution in [2.24, 2.45) is 0 Å². The van der Waals surface area contributed by atoms with Crippen molar-refractivity contribution < 1.29 is 23.5 Å². The molecule has 0 spiro atoms. The van der Waals surface area contributed by atoms with Crippen molar-refractivity contribution in [3.05, 3.63) is 84.4 Å². The third kappa shape index (κ3) is 7.16. The SMILES string of the molecule is O=C(N[C@H]1CCN(Cc2ccccc2)C1)[C@@H]1CCCCN1c1nc2ccccc2o1.O=C(O)[C@@H]1CCCCN1c1nc2ccccc2o1. The number of benzene rings is 3. The Morgan fingerprint density at radius 2 is 1.27 bits per heavy atom. The van der Waals surface area contributed by atoms with Gasteiger partial charge in [0.25, 0.3) is 12.0 Å². The molecule has 3 fully saturated rings. The average molecular weight is 651 g/mol. The summed E-state index contributed by atoms with van der Waals surface area (Å²) in [6, 6.07) is 26.2. The van der Waals surface area contributed by atoms with Crippen LogP contribution in [0.5, 0.6) is 0 Å². The van der Waals surface area contributed by atoms with Crippen molar-refractivity contribution in [1.82, 2.24) is 20.2 Å². The average Bonchev–Trinajstić information content (AvgIpc) is 3.87. The molecule has 0 bridgehead atoms. The quantitative estimate of drug-likeness (QED) is 0.221. The van der Waals surface area contributed by atoms with Gasteiger partial charge in [-0.2, -0.15) is 9.97 Å². The molecule has 8 rings (SSSR count). The van der Waals surface area contributed by atoms with Gasteiger partial charge in [-0.3, -0.25) is 9.69 Å². The number of hydrogen-bond donors (Lipinski definition) is 2. The van der Waals surface area contributed by atoms with Crippen LogP contribution in [-0.4, -0.2) is 76.2 Å². The lowest BCUT2D eigenvalue weighted by Gasteiger charge is -2.34. The third-order valence-corrected chi connectivity index (χ3v) is 9.52. The smallest absolute Gasteiger partial charge is 0.326 e. The fourth-order valence-corrected chi connectivity index (χ4v) is 7.05. The molecular formula is C37H42N6O5. The number of likely N-dealkylation sites (tertiary alicyclic amines) is 1. The lowest BCUT2D eigenvalue weighted by atomic mass is 10.0. The number of carbonyl (C=O) groups is 2. The largest absolute Gasteiger partial charge is 0.480 e. The summed E-state index contributed by atoms with van der Waals surface area (Å²) in [5.41, 5.74) is 4.39. The normalized spacial score (nSPS) is 21.6. The van der Waals surface area contributed by atoms with E-state index in [0.29, 0.717) is 30.6 Å². The van der Waals surface area contributed by atoms with E-state index in [4.69, 9.17) is 8.83 Å². The number of aromatic nitrogens is 2. The van der Waals surface area contributed by atoms with Gasteiger partial charge in [0.05, 0.1) is 0 Å². The molecule has 2 N–H and O–H groups in total. The van der Waals surface area contributed by atoms with Gasteiger partial charge >= 0.3 is 5.97 Å². The van der Waals surface area contributed by atoms with Crippen molar-refractivity contribution in [2.75, 3.05) is 36.0 Å². The monoisotopic (exact) mass is 650 g/mol. The van der Waals surface area contributed by atoms with Crippen LogP contribution in [0.25, 0.3) is 22.2 Å². The number of rotatable bonds is 7. The molecule has 250 valence electrons. The molecule has 5 aromatic rings. The summed E-state index contributed by atoms with van der Waals surface area (Å²) in [7, 11) is 0. The summed E-state index contributed by atoms with van der Waals surface area (Å²) in [6.07, 6.45) is 6.50. The zero-order valence-electron chi connectivity index (χ0n) is 27.0. The van der Waals surface area contributed by atoms with Crippen LogP contribution in [-0.2, 0) is 16.1 Å². The first kappa shape index (κ1) is 31.7. The Hall–Kier alpha value is -4.90. The Balaban J connectivity index is 0.000000172. The highest BCUT2D eigenvalue weighted by Gasteiger charge is 2.34. The maximum absolute atomic E-state index is 13.2. The highest BCUT2D eigenvalue weighted by Crippen LogP contribution is 2.29. The molecule has 3 saturated heterocycles. The summed E-state index contributed by atoms with van der Waals surface area (Å²) in [5, 5.41) is 12.5. The number of anilines is 2. The van der Waals surface area contributed by atoms with Gasteiger partial charge in [0.2, 0.25) is 5.91 Å². The second kappa shape index (κ2) is 14.5. The van der Waals surface area contributed by atoms with Gasteiger partial charge in [0.1, 0.15) is 23.1 Å². The first-order chi connectivity index (χ1) is 23.5. The zero-order valence-corrected chi connectivity index (χ0v) is 27.0. The number of hydrogen-bond acceptors (Lipinski definition) is 9. The van der Waals surface area contributed by atoms with Crippen LogP contribution in [0.1, 0.15) is 50.5 Å². The first-order valence-electron chi connectivity index (χ1n) is 17.1. The van der Waals surface area contributed by atoms with E-state index in [1.165, 1.54) is 5.56 Å². The minimum Gasteiger partial charge on any atom is -0.480 e. The summed E-state index contributed by atoms with van der Waals surface area (Å²) in [6.45, 7) is 4.33. The van der Waals surface area contributed by atoms with E-state index in [1.807, 2.05) is 54.6 Å². The molecule has 0 radical (unpaired) electrons. The van der Waals surface area contributed by atoms with E-state index < -0.39 is 12.0 Å². The fraction of sp³-hybridized carbons (Fsp3) is 0.405. The van der Waals surface area contributed by atoms with Gasteiger partial charge in [0.15, 0.2) is 11.2 Å². The predicted molar refractivity (Wildman–Crippen MR) is 184 cm³/mol. The van der Waals surface area contributed by atoms with Crippen LogP contribution >= 0.6 is 0 Å². The molecule has 2 aromatic heterocycles. The molecule has 3 aliphatic rings. The van der Waals surface area contributed by atoms with Crippen LogP contribution in [0, 0.1) is 0 Å². The zero-order chi connectivity index (χ0) is 32.9. The van der Waals surface area contributed by atoms with Crippen molar-refractivity contribution in [2.45, 2.75) is 69.6 Å².